The molecular formula is C27H24N6O4. The van der Waals surface area contributed by atoms with Gasteiger partial charge in [-0.2, -0.15) is 0 Å². The van der Waals surface area contributed by atoms with Crippen molar-refractivity contribution in [3.05, 3.63) is 124 Å². The van der Waals surface area contributed by atoms with Crippen LogP contribution in [0.15, 0.2) is 91.3 Å². The second-order valence-corrected chi connectivity index (χ2v) is 8.15. The van der Waals surface area contributed by atoms with Crippen LogP contribution in [0.4, 0.5) is 17.1 Å². The highest BCUT2D eigenvalue weighted by molar-refractivity contribution is 6.06. The Morgan fingerprint density at radius 2 is 1.65 bits per heavy atom. The average molecular weight is 497 g/mol. The van der Waals surface area contributed by atoms with Gasteiger partial charge in [0.25, 0.3) is 17.5 Å². The number of hydrogen-bond donors (Lipinski definition) is 3. The molecule has 4 rings (SSSR count). The lowest BCUT2D eigenvalue weighted by atomic mass is 10.1. The predicted molar refractivity (Wildman–Crippen MR) is 139 cm³/mol. The fourth-order valence-electron chi connectivity index (χ4n) is 3.60. The van der Waals surface area contributed by atoms with Crippen molar-refractivity contribution in [1.29, 1.82) is 0 Å². The van der Waals surface area contributed by atoms with E-state index in [0.717, 1.165) is 5.69 Å². The van der Waals surface area contributed by atoms with Crippen molar-refractivity contribution in [2.24, 2.45) is 0 Å². The SMILES string of the molecule is CC(Nc1ccc(C(=O)Nc2cccc(C(=O)NCc3ccccn3)c2)cc1[N+](=O)[O-])c1ccccn1. The monoisotopic (exact) mass is 496 g/mol. The third-order valence-corrected chi connectivity index (χ3v) is 5.50. The molecule has 0 saturated heterocycles. The maximum Gasteiger partial charge on any atom is 0.293 e. The van der Waals surface area contributed by atoms with E-state index >= 15 is 0 Å². The number of aromatic nitrogens is 2. The van der Waals surface area contributed by atoms with E-state index in [4.69, 9.17) is 0 Å². The van der Waals surface area contributed by atoms with E-state index in [0.29, 0.717) is 16.9 Å². The summed E-state index contributed by atoms with van der Waals surface area (Å²) in [6.07, 6.45) is 3.29. The topological polar surface area (TPSA) is 139 Å². The van der Waals surface area contributed by atoms with Gasteiger partial charge in [-0.1, -0.05) is 18.2 Å². The van der Waals surface area contributed by atoms with E-state index < -0.39 is 10.8 Å². The van der Waals surface area contributed by atoms with Crippen molar-refractivity contribution < 1.29 is 14.5 Å². The number of amides is 2. The molecule has 37 heavy (non-hydrogen) atoms. The molecular weight excluding hydrogens is 472 g/mol. The number of nitrogens with one attached hydrogen (secondary N) is 3. The molecule has 0 spiro atoms. The van der Waals surface area contributed by atoms with E-state index in [-0.39, 0.29) is 35.4 Å². The zero-order chi connectivity index (χ0) is 26.2. The summed E-state index contributed by atoms with van der Waals surface area (Å²) < 4.78 is 0. The number of carbonyl (C=O) groups is 2. The van der Waals surface area contributed by atoms with Crippen LogP contribution in [-0.4, -0.2) is 26.7 Å². The van der Waals surface area contributed by atoms with Gasteiger partial charge >= 0.3 is 0 Å². The van der Waals surface area contributed by atoms with Gasteiger partial charge in [0.15, 0.2) is 0 Å². The fourth-order valence-corrected chi connectivity index (χ4v) is 3.60. The van der Waals surface area contributed by atoms with Gasteiger partial charge in [0.2, 0.25) is 0 Å². The standard InChI is InChI=1S/C27H24N6O4/c1-18(23-10-3-5-14-29-23)31-24-12-11-20(16-25(24)33(36)37)27(35)32-21-9-6-7-19(15-21)26(34)30-17-22-8-2-4-13-28-22/h2-16,18,31H,17H2,1H3,(H,30,34)(H,32,35). The normalized spacial score (nSPS) is 11.3. The zero-order valence-corrected chi connectivity index (χ0v) is 19.9. The van der Waals surface area contributed by atoms with Crippen molar-refractivity contribution >= 4 is 28.9 Å². The number of nitro groups is 1. The molecule has 4 aromatic rings. The molecule has 2 aromatic heterocycles. The number of nitrogens with zero attached hydrogens (tertiary/aromatic N) is 3. The molecule has 10 nitrogen and oxygen atoms in total. The molecule has 2 amide bonds. The minimum absolute atomic E-state index is 0.104. The maximum atomic E-state index is 12.9. The summed E-state index contributed by atoms with van der Waals surface area (Å²) in [5.41, 5.74) is 2.31. The number of rotatable bonds is 9. The minimum atomic E-state index is -0.545. The van der Waals surface area contributed by atoms with E-state index in [9.17, 15) is 19.7 Å². The van der Waals surface area contributed by atoms with Crippen LogP contribution in [0, 0.1) is 10.1 Å². The van der Waals surface area contributed by atoms with Crippen molar-refractivity contribution in [3.63, 3.8) is 0 Å². The number of benzene rings is 2. The minimum Gasteiger partial charge on any atom is -0.371 e. The van der Waals surface area contributed by atoms with Crippen molar-refractivity contribution in [1.82, 2.24) is 15.3 Å². The second kappa shape index (κ2) is 11.5. The first-order chi connectivity index (χ1) is 17.9. The van der Waals surface area contributed by atoms with Gasteiger partial charge in [-0.15, -0.1) is 0 Å². The van der Waals surface area contributed by atoms with Crippen LogP contribution in [0.3, 0.4) is 0 Å². The highest BCUT2D eigenvalue weighted by atomic mass is 16.6. The van der Waals surface area contributed by atoms with Crippen LogP contribution >= 0.6 is 0 Å². The van der Waals surface area contributed by atoms with Gasteiger partial charge in [0.1, 0.15) is 5.69 Å². The molecule has 0 aliphatic carbocycles. The maximum absolute atomic E-state index is 12.9. The van der Waals surface area contributed by atoms with Crippen LogP contribution in [0.25, 0.3) is 0 Å². The van der Waals surface area contributed by atoms with Crippen molar-refractivity contribution in [2.75, 3.05) is 10.6 Å². The molecule has 0 aliphatic heterocycles. The summed E-state index contributed by atoms with van der Waals surface area (Å²) in [5, 5.41) is 20.3. The number of carbonyl (C=O) groups excluding carboxylic acids is 2. The fraction of sp³-hybridized carbons (Fsp3) is 0.111. The molecule has 2 aromatic carbocycles. The largest absolute Gasteiger partial charge is 0.371 e. The highest BCUT2D eigenvalue weighted by Gasteiger charge is 2.20. The second-order valence-electron chi connectivity index (χ2n) is 8.15. The Labute approximate surface area is 212 Å². The van der Waals surface area contributed by atoms with Crippen LogP contribution in [0.5, 0.6) is 0 Å². The molecule has 0 aliphatic rings. The molecule has 0 saturated carbocycles. The van der Waals surface area contributed by atoms with Crippen LogP contribution < -0.4 is 16.0 Å². The smallest absolute Gasteiger partial charge is 0.293 e. The molecule has 1 atom stereocenters. The summed E-state index contributed by atoms with van der Waals surface area (Å²) in [5.74, 6) is -0.867. The molecule has 3 N–H and O–H groups in total. The van der Waals surface area contributed by atoms with Gasteiger partial charge in [-0.05, 0) is 61.5 Å². The van der Waals surface area contributed by atoms with Crippen molar-refractivity contribution in [2.45, 2.75) is 19.5 Å². The van der Waals surface area contributed by atoms with E-state index in [1.165, 1.54) is 24.3 Å². The Balaban J connectivity index is 1.45. The Morgan fingerprint density at radius 1 is 0.892 bits per heavy atom. The van der Waals surface area contributed by atoms with Gasteiger partial charge in [-0.25, -0.2) is 0 Å². The summed E-state index contributed by atoms with van der Waals surface area (Å²) in [7, 11) is 0. The van der Waals surface area contributed by atoms with Crippen LogP contribution in [0.1, 0.15) is 45.1 Å². The summed E-state index contributed by atoms with van der Waals surface area (Å²) >= 11 is 0. The zero-order valence-electron chi connectivity index (χ0n) is 19.9. The third kappa shape index (κ3) is 6.51. The van der Waals surface area contributed by atoms with Crippen molar-refractivity contribution in [3.8, 4) is 0 Å². The quantitative estimate of drug-likeness (QED) is 0.225. The Morgan fingerprint density at radius 3 is 2.35 bits per heavy atom. The number of nitro benzene ring substituents is 1. The lowest BCUT2D eigenvalue weighted by Gasteiger charge is -2.15. The molecule has 2 heterocycles. The molecule has 10 heteroatoms. The Kier molecular flexibility index (Phi) is 7.79. The summed E-state index contributed by atoms with van der Waals surface area (Å²) in [4.78, 5) is 45.0. The van der Waals surface area contributed by atoms with Gasteiger partial charge in [0.05, 0.1) is 28.9 Å². The third-order valence-electron chi connectivity index (χ3n) is 5.50. The number of pyridine rings is 2. The van der Waals surface area contributed by atoms with Crippen LogP contribution in [0.2, 0.25) is 0 Å². The predicted octanol–water partition coefficient (Wildman–Crippen LogP) is 4.74. The first-order valence-corrected chi connectivity index (χ1v) is 11.5. The van der Waals surface area contributed by atoms with E-state index in [2.05, 4.69) is 25.9 Å². The highest BCUT2D eigenvalue weighted by Crippen LogP contribution is 2.29. The molecule has 186 valence electrons. The Hall–Kier alpha value is -5.12. The first-order valence-electron chi connectivity index (χ1n) is 11.5. The lowest BCUT2D eigenvalue weighted by molar-refractivity contribution is -0.384. The Bertz CT molecular complexity index is 1410. The van der Waals surface area contributed by atoms with E-state index in [1.807, 2.05) is 25.1 Å². The summed E-state index contributed by atoms with van der Waals surface area (Å²) in [6.45, 7) is 2.10. The van der Waals surface area contributed by atoms with Gasteiger partial charge in [0, 0.05) is 35.3 Å². The lowest BCUT2D eigenvalue weighted by Crippen LogP contribution is -2.23. The number of hydrogen-bond acceptors (Lipinski definition) is 7. The van der Waals surface area contributed by atoms with Gasteiger partial charge < -0.3 is 16.0 Å². The van der Waals surface area contributed by atoms with Crippen LogP contribution in [-0.2, 0) is 6.54 Å². The number of anilines is 2. The molecule has 0 radical (unpaired) electrons. The molecule has 1 unspecified atom stereocenters. The van der Waals surface area contributed by atoms with E-state index in [1.54, 1.807) is 48.8 Å². The average Bonchev–Trinajstić information content (AvgIpc) is 2.93. The van der Waals surface area contributed by atoms with Gasteiger partial charge in [-0.3, -0.25) is 29.7 Å². The molecule has 0 fully saturated rings. The summed E-state index contributed by atoms with van der Waals surface area (Å²) in [6, 6.07) is 21.2. The first kappa shape index (κ1) is 25.0. The molecule has 0 bridgehead atoms.